The van der Waals surface area contributed by atoms with Gasteiger partial charge in [0.05, 0.1) is 61.0 Å². The van der Waals surface area contributed by atoms with E-state index in [1.165, 1.54) is 44.3 Å². The number of methoxy groups -OCH3 is 3. The molecule has 18 nitrogen and oxygen atoms in total. The van der Waals surface area contributed by atoms with Gasteiger partial charge in [-0.2, -0.15) is 5.10 Å². The molecule has 2 aliphatic rings. The summed E-state index contributed by atoms with van der Waals surface area (Å²) in [7, 11) is 4.46. The predicted octanol–water partition coefficient (Wildman–Crippen LogP) is 5.68. The van der Waals surface area contributed by atoms with Crippen molar-refractivity contribution in [3.63, 3.8) is 0 Å². The first-order valence-electron chi connectivity index (χ1n) is 15.1. The molecule has 0 aliphatic carbocycles. The van der Waals surface area contributed by atoms with Gasteiger partial charge in [0.25, 0.3) is 0 Å². The highest BCUT2D eigenvalue weighted by Gasteiger charge is 2.34. The van der Waals surface area contributed by atoms with E-state index in [0.29, 0.717) is 53.2 Å². The Kier molecular flexibility index (Phi) is 10.2. The predicted molar refractivity (Wildman–Crippen MR) is 171 cm³/mol. The Morgan fingerprint density at radius 2 is 1.51 bits per heavy atom. The van der Waals surface area contributed by atoms with Crippen LogP contribution >= 0.6 is 0 Å². The zero-order valence-electron chi connectivity index (χ0n) is 27.1. The van der Waals surface area contributed by atoms with Crippen molar-refractivity contribution < 1.29 is 43.4 Å². The number of benzene rings is 3. The Bertz CT molecular complexity index is 1800. The van der Waals surface area contributed by atoms with Crippen molar-refractivity contribution in [3.8, 4) is 34.5 Å². The highest BCUT2D eigenvalue weighted by molar-refractivity contribution is 6.03. The molecule has 49 heavy (non-hydrogen) atoms. The van der Waals surface area contributed by atoms with Crippen LogP contribution in [0, 0.1) is 25.4 Å². The summed E-state index contributed by atoms with van der Waals surface area (Å²) < 4.78 is 22.3. The molecule has 3 aromatic rings. The van der Waals surface area contributed by atoms with Crippen LogP contribution in [0.3, 0.4) is 0 Å². The highest BCUT2D eigenvalue weighted by atomic mass is 16.7. The number of ether oxygens (including phenoxy) is 4. The van der Waals surface area contributed by atoms with Crippen LogP contribution in [0.2, 0.25) is 0 Å². The summed E-state index contributed by atoms with van der Waals surface area (Å²) in [5.41, 5.74) is 0.216. The number of hydrogen-bond acceptors (Lipinski definition) is 13. The first kappa shape index (κ1) is 34.1. The van der Waals surface area contributed by atoms with Crippen molar-refractivity contribution in [1.29, 1.82) is 0 Å². The first-order chi connectivity index (χ1) is 23.5. The Morgan fingerprint density at radius 1 is 0.857 bits per heavy atom. The topological polar surface area (TPSA) is 207 Å². The molecule has 3 aromatic carbocycles. The smallest absolute Gasteiger partial charge is 0.321 e. The third kappa shape index (κ3) is 7.37. The summed E-state index contributed by atoms with van der Waals surface area (Å²) in [5.74, 6) is 0.0513. The summed E-state index contributed by atoms with van der Waals surface area (Å²) in [6, 6.07) is 11.0. The Morgan fingerprint density at radius 3 is 2.10 bits per heavy atom. The third-order valence-corrected chi connectivity index (χ3v) is 7.92. The zero-order valence-corrected chi connectivity index (χ0v) is 27.1. The lowest BCUT2D eigenvalue weighted by Crippen LogP contribution is -2.35. The molecule has 5 rings (SSSR count). The monoisotopic (exact) mass is 679 g/mol. The van der Waals surface area contributed by atoms with Gasteiger partial charge in [-0.05, 0) is 49.1 Å². The molecule has 0 aromatic heterocycles. The molecule has 1 saturated heterocycles. The summed E-state index contributed by atoms with van der Waals surface area (Å²) in [4.78, 5) is 40.0. The number of amides is 1. The number of rotatable bonds is 12. The number of nitro benzene ring substituents is 2. The van der Waals surface area contributed by atoms with Crippen LogP contribution in [0.1, 0.15) is 49.8 Å². The van der Waals surface area contributed by atoms with Gasteiger partial charge in [0.15, 0.2) is 11.5 Å². The number of hydrazone groups is 1. The molecule has 1 unspecified atom stereocenters. The van der Waals surface area contributed by atoms with E-state index in [-0.39, 0.29) is 23.0 Å². The number of piperidine rings is 1. The largest absolute Gasteiger partial charge is 0.569 e. The fraction of sp³-hybridized carbons (Fsp3) is 0.355. The molecule has 0 spiro atoms. The van der Waals surface area contributed by atoms with Gasteiger partial charge in [-0.3, -0.25) is 29.9 Å². The third-order valence-electron chi connectivity index (χ3n) is 7.92. The molecule has 1 atom stereocenters. The number of hydrogen-bond donors (Lipinski definition) is 0. The number of nitro groups is 2. The van der Waals surface area contributed by atoms with Crippen LogP contribution in [-0.2, 0) is 4.79 Å². The van der Waals surface area contributed by atoms with E-state index in [2.05, 4.69) is 10.4 Å². The van der Waals surface area contributed by atoms with Crippen molar-refractivity contribution in [1.82, 2.24) is 10.0 Å². The average molecular weight is 680 g/mol. The summed E-state index contributed by atoms with van der Waals surface area (Å²) in [6.07, 6.45) is 2.78. The fourth-order valence-corrected chi connectivity index (χ4v) is 5.55. The van der Waals surface area contributed by atoms with Crippen LogP contribution in [-0.4, -0.2) is 70.9 Å². The molecule has 18 heteroatoms. The van der Waals surface area contributed by atoms with Crippen molar-refractivity contribution >= 4 is 23.0 Å². The molecule has 0 radical (unpaired) electrons. The van der Waals surface area contributed by atoms with Crippen LogP contribution in [0.5, 0.6) is 34.5 Å². The van der Waals surface area contributed by atoms with E-state index >= 15 is 0 Å². The molecule has 258 valence electrons. The van der Waals surface area contributed by atoms with Crippen LogP contribution in [0.25, 0.3) is 0 Å². The second-order valence-corrected chi connectivity index (χ2v) is 11.0. The van der Waals surface area contributed by atoms with Crippen molar-refractivity contribution in [2.45, 2.75) is 38.6 Å². The summed E-state index contributed by atoms with van der Waals surface area (Å²) >= 11 is 0. The molecular weight excluding hydrogens is 646 g/mol. The molecule has 0 N–H and O–H groups in total. The van der Waals surface area contributed by atoms with Gasteiger partial charge < -0.3 is 24.2 Å². The SMILES string of the molecule is COc1cc(C2CC(c3cccc(Oc4cc(O/N=[N+](\[O-])N5CCCCC5)c([N+](=O)[O-])cc4[N+](=O)[O-])c3)=NN2C(C)=O)cc(OC)c1OC. The van der Waals surface area contributed by atoms with E-state index in [0.717, 1.165) is 25.3 Å². The van der Waals surface area contributed by atoms with Gasteiger partial charge in [0.1, 0.15) is 11.8 Å². The van der Waals surface area contributed by atoms with Crippen molar-refractivity contribution in [3.05, 3.63) is 85.1 Å². The Balaban J connectivity index is 1.45. The summed E-state index contributed by atoms with van der Waals surface area (Å²) in [6.45, 7) is 2.25. The minimum Gasteiger partial charge on any atom is -0.569 e. The van der Waals surface area contributed by atoms with Gasteiger partial charge in [-0.1, -0.05) is 12.1 Å². The standard InChI is InChI=1S/C31H33N7O11/c1-19(39)35-24(21-14-29(45-2)31(47-4)30(15-21)46-3)16-23(32-35)20-9-8-10-22(13-20)48-27-18-28(26(37(42)43)17-25(27)36(40)41)49-33-38(44)34-11-6-5-7-12-34/h8-10,13-15,17-18,24H,5-7,11-12,16H2,1-4H3/b38-33-. The van der Waals surface area contributed by atoms with Crippen LogP contribution in [0.15, 0.2) is 58.9 Å². The minimum atomic E-state index is -0.887. The van der Waals surface area contributed by atoms with E-state index in [9.17, 15) is 30.2 Å². The van der Waals surface area contributed by atoms with Gasteiger partial charge >= 0.3 is 11.4 Å². The number of carbonyl (C=O) groups is 1. The lowest BCUT2D eigenvalue weighted by Gasteiger charge is -2.22. The van der Waals surface area contributed by atoms with Gasteiger partial charge in [0, 0.05) is 25.0 Å². The second kappa shape index (κ2) is 14.7. The zero-order chi connectivity index (χ0) is 35.2. The van der Waals surface area contributed by atoms with Crippen molar-refractivity contribution in [2.24, 2.45) is 10.4 Å². The van der Waals surface area contributed by atoms with Crippen LogP contribution in [0.4, 0.5) is 11.4 Å². The molecule has 1 fully saturated rings. The quantitative estimate of drug-likeness (QED) is 0.0981. The normalized spacial score (nSPS) is 16.1. The molecule has 2 aliphatic heterocycles. The van der Waals surface area contributed by atoms with E-state index in [1.807, 2.05) is 0 Å². The Labute approximate surface area is 279 Å². The average Bonchev–Trinajstić information content (AvgIpc) is 3.56. The lowest BCUT2D eigenvalue weighted by molar-refractivity contribution is -0.708. The number of nitrogens with zero attached hydrogens (tertiary/aromatic N) is 7. The van der Waals surface area contributed by atoms with Crippen molar-refractivity contribution in [2.75, 3.05) is 34.4 Å². The lowest BCUT2D eigenvalue weighted by atomic mass is 9.97. The van der Waals surface area contributed by atoms with Gasteiger partial charge in [-0.15, -0.1) is 5.01 Å². The molecule has 0 saturated carbocycles. The molecule has 2 heterocycles. The van der Waals surface area contributed by atoms with Crippen LogP contribution < -0.4 is 23.8 Å². The van der Waals surface area contributed by atoms with E-state index in [4.69, 9.17) is 23.8 Å². The number of hydrazine groups is 1. The maximum absolute atomic E-state index is 12.7. The second-order valence-electron chi connectivity index (χ2n) is 11.0. The van der Waals surface area contributed by atoms with Gasteiger partial charge in [0.2, 0.25) is 28.4 Å². The van der Waals surface area contributed by atoms with E-state index in [1.54, 1.807) is 30.3 Å². The fourth-order valence-electron chi connectivity index (χ4n) is 5.55. The van der Waals surface area contributed by atoms with E-state index < -0.39 is 38.8 Å². The van der Waals surface area contributed by atoms with Gasteiger partial charge in [-0.25, -0.2) is 5.01 Å². The highest BCUT2D eigenvalue weighted by Crippen LogP contribution is 2.44. The minimum absolute atomic E-state index is 0.115. The molecular formula is C31H33N7O11. The molecule has 0 bridgehead atoms. The maximum Gasteiger partial charge on any atom is 0.321 e. The molecule has 1 amide bonds. The number of carbonyl (C=O) groups excluding carboxylic acids is 1. The maximum atomic E-state index is 12.7. The first-order valence-corrected chi connectivity index (χ1v) is 15.1. The Hall–Kier alpha value is -6.20. The summed E-state index contributed by atoms with van der Waals surface area (Å²) in [5, 5.41) is 46.8.